The zero-order valence-corrected chi connectivity index (χ0v) is 12.5. The maximum atomic E-state index is 13.7. The fourth-order valence-electron chi connectivity index (χ4n) is 2.33. The van der Waals surface area contributed by atoms with Gasteiger partial charge in [-0.05, 0) is 31.6 Å². The summed E-state index contributed by atoms with van der Waals surface area (Å²) in [6, 6.07) is 2.51. The Morgan fingerprint density at radius 2 is 1.81 bits per heavy atom. The van der Waals surface area contributed by atoms with Crippen LogP contribution < -0.4 is 5.73 Å². The first-order valence-corrected chi connectivity index (χ1v) is 8.27. The Balaban J connectivity index is 2.08. The summed E-state index contributed by atoms with van der Waals surface area (Å²) in [7, 11) is -3.91. The lowest BCUT2D eigenvalue weighted by molar-refractivity contribution is 0.187. The molecule has 1 aromatic rings. The molecule has 0 saturated carbocycles. The number of rotatable bonds is 5. The van der Waals surface area contributed by atoms with E-state index in [9.17, 15) is 17.2 Å². The Morgan fingerprint density at radius 3 is 2.38 bits per heavy atom. The van der Waals surface area contributed by atoms with Crippen LogP contribution in [-0.4, -0.2) is 56.9 Å². The molecule has 1 fully saturated rings. The van der Waals surface area contributed by atoms with Crippen LogP contribution in [0, 0.1) is 11.6 Å². The van der Waals surface area contributed by atoms with E-state index in [-0.39, 0.29) is 0 Å². The van der Waals surface area contributed by atoms with Gasteiger partial charge in [-0.25, -0.2) is 17.2 Å². The molecule has 1 aliphatic heterocycles. The fourth-order valence-corrected chi connectivity index (χ4v) is 3.80. The topological polar surface area (TPSA) is 66.6 Å². The molecule has 0 atom stereocenters. The van der Waals surface area contributed by atoms with Gasteiger partial charge < -0.3 is 10.6 Å². The second-order valence-corrected chi connectivity index (χ2v) is 6.87. The highest BCUT2D eigenvalue weighted by molar-refractivity contribution is 7.89. The van der Waals surface area contributed by atoms with Gasteiger partial charge in [-0.1, -0.05) is 0 Å². The van der Waals surface area contributed by atoms with Crippen molar-refractivity contribution in [3.8, 4) is 0 Å². The standard InChI is InChI=1S/C13H19F2N3O2S/c14-11-2-3-13(12(15)10-11)21(19,20)18-8-6-17(7-9-18)5-1-4-16/h2-3,10H,1,4-9,16H2. The number of hydrogen-bond donors (Lipinski definition) is 1. The third kappa shape index (κ3) is 3.76. The van der Waals surface area contributed by atoms with Gasteiger partial charge in [-0.3, -0.25) is 0 Å². The predicted octanol–water partition coefficient (Wildman–Crippen LogP) is 0.620. The van der Waals surface area contributed by atoms with Gasteiger partial charge in [0.15, 0.2) is 0 Å². The van der Waals surface area contributed by atoms with Gasteiger partial charge in [-0.15, -0.1) is 0 Å². The minimum absolute atomic E-state index is 0.295. The molecule has 1 heterocycles. The lowest BCUT2D eigenvalue weighted by Gasteiger charge is -2.33. The van der Waals surface area contributed by atoms with Crippen molar-refractivity contribution in [2.75, 3.05) is 39.3 Å². The van der Waals surface area contributed by atoms with E-state index in [2.05, 4.69) is 4.90 Å². The zero-order chi connectivity index (χ0) is 15.5. The Kier molecular flexibility index (Phi) is 5.26. The SMILES string of the molecule is NCCCN1CCN(S(=O)(=O)c2ccc(F)cc2F)CC1. The van der Waals surface area contributed by atoms with Crippen molar-refractivity contribution in [1.82, 2.24) is 9.21 Å². The minimum atomic E-state index is -3.91. The monoisotopic (exact) mass is 319 g/mol. The highest BCUT2D eigenvalue weighted by Gasteiger charge is 2.30. The third-order valence-corrected chi connectivity index (χ3v) is 5.45. The number of nitrogens with zero attached hydrogens (tertiary/aromatic N) is 2. The first-order chi connectivity index (χ1) is 9.95. The molecule has 0 spiro atoms. The van der Waals surface area contributed by atoms with Crippen LogP contribution in [0.25, 0.3) is 0 Å². The molecule has 0 unspecified atom stereocenters. The van der Waals surface area contributed by atoms with Gasteiger partial charge in [-0.2, -0.15) is 4.31 Å². The molecule has 1 aliphatic rings. The summed E-state index contributed by atoms with van der Waals surface area (Å²) in [5.41, 5.74) is 5.44. The van der Waals surface area contributed by atoms with Gasteiger partial charge in [0.05, 0.1) is 0 Å². The van der Waals surface area contributed by atoms with Crippen LogP contribution in [-0.2, 0) is 10.0 Å². The van der Waals surface area contributed by atoms with Gasteiger partial charge in [0.25, 0.3) is 0 Å². The molecule has 0 bridgehead atoms. The van der Waals surface area contributed by atoms with Crippen LogP contribution in [0.15, 0.2) is 23.1 Å². The molecule has 1 aromatic carbocycles. The van der Waals surface area contributed by atoms with Crippen molar-refractivity contribution in [2.24, 2.45) is 5.73 Å². The quantitative estimate of drug-likeness (QED) is 0.864. The van der Waals surface area contributed by atoms with Gasteiger partial charge in [0, 0.05) is 32.2 Å². The smallest absolute Gasteiger partial charge is 0.246 e. The maximum Gasteiger partial charge on any atom is 0.246 e. The maximum absolute atomic E-state index is 13.7. The van der Waals surface area contributed by atoms with Crippen molar-refractivity contribution in [3.05, 3.63) is 29.8 Å². The van der Waals surface area contributed by atoms with E-state index in [1.165, 1.54) is 4.31 Å². The number of benzene rings is 1. The predicted molar refractivity (Wildman–Crippen MR) is 75.2 cm³/mol. The van der Waals surface area contributed by atoms with E-state index < -0.39 is 26.6 Å². The van der Waals surface area contributed by atoms with E-state index in [0.717, 1.165) is 25.1 Å². The number of halogens is 2. The molecule has 2 rings (SSSR count). The first-order valence-electron chi connectivity index (χ1n) is 6.83. The lowest BCUT2D eigenvalue weighted by Crippen LogP contribution is -2.49. The molecular formula is C13H19F2N3O2S. The number of piperazine rings is 1. The van der Waals surface area contributed by atoms with E-state index in [0.29, 0.717) is 38.8 Å². The Morgan fingerprint density at radius 1 is 1.14 bits per heavy atom. The summed E-state index contributed by atoms with van der Waals surface area (Å²) in [4.78, 5) is 1.65. The van der Waals surface area contributed by atoms with Crippen molar-refractivity contribution in [1.29, 1.82) is 0 Å². The average Bonchev–Trinajstić information content (AvgIpc) is 2.45. The third-order valence-electron chi connectivity index (χ3n) is 3.52. The molecule has 0 aliphatic carbocycles. The van der Waals surface area contributed by atoms with Gasteiger partial charge in [0.1, 0.15) is 16.5 Å². The fraction of sp³-hybridized carbons (Fsp3) is 0.538. The summed E-state index contributed by atoms with van der Waals surface area (Å²) >= 11 is 0. The largest absolute Gasteiger partial charge is 0.330 e. The average molecular weight is 319 g/mol. The van der Waals surface area contributed by atoms with Crippen molar-refractivity contribution in [2.45, 2.75) is 11.3 Å². The molecule has 1 saturated heterocycles. The molecule has 2 N–H and O–H groups in total. The van der Waals surface area contributed by atoms with Crippen LogP contribution in [0.4, 0.5) is 8.78 Å². The molecule has 5 nitrogen and oxygen atoms in total. The van der Waals surface area contributed by atoms with Crippen LogP contribution in [0.5, 0.6) is 0 Å². The van der Waals surface area contributed by atoms with Crippen molar-refractivity contribution in [3.63, 3.8) is 0 Å². The Labute approximate surface area is 123 Å². The zero-order valence-electron chi connectivity index (χ0n) is 11.6. The lowest BCUT2D eigenvalue weighted by atomic mass is 10.3. The summed E-state index contributed by atoms with van der Waals surface area (Å²) in [6.07, 6.45) is 0.860. The summed E-state index contributed by atoms with van der Waals surface area (Å²) in [5.74, 6) is -1.85. The normalized spacial score (nSPS) is 18.0. The highest BCUT2D eigenvalue weighted by Crippen LogP contribution is 2.21. The first kappa shape index (κ1) is 16.3. The Hall–Kier alpha value is -1.09. The van der Waals surface area contributed by atoms with E-state index in [1.54, 1.807) is 0 Å². The van der Waals surface area contributed by atoms with Crippen LogP contribution >= 0.6 is 0 Å². The summed E-state index contributed by atoms with van der Waals surface area (Å²) in [6.45, 7) is 3.19. The molecule has 0 aromatic heterocycles. The molecule has 118 valence electrons. The molecule has 21 heavy (non-hydrogen) atoms. The second-order valence-electron chi connectivity index (χ2n) is 4.96. The number of sulfonamides is 1. The number of hydrogen-bond acceptors (Lipinski definition) is 4. The van der Waals surface area contributed by atoms with Crippen molar-refractivity contribution >= 4 is 10.0 Å². The van der Waals surface area contributed by atoms with Gasteiger partial charge >= 0.3 is 0 Å². The second kappa shape index (κ2) is 6.78. The van der Waals surface area contributed by atoms with E-state index >= 15 is 0 Å². The highest BCUT2D eigenvalue weighted by atomic mass is 32.2. The van der Waals surface area contributed by atoms with Crippen LogP contribution in [0.3, 0.4) is 0 Å². The number of nitrogens with two attached hydrogens (primary N) is 1. The van der Waals surface area contributed by atoms with E-state index in [1.807, 2.05) is 0 Å². The van der Waals surface area contributed by atoms with Gasteiger partial charge in [0.2, 0.25) is 10.0 Å². The van der Waals surface area contributed by atoms with Crippen molar-refractivity contribution < 1.29 is 17.2 Å². The van der Waals surface area contributed by atoms with E-state index in [4.69, 9.17) is 5.73 Å². The Bertz CT molecular complexity index is 587. The van der Waals surface area contributed by atoms with Crippen LogP contribution in [0.2, 0.25) is 0 Å². The molecule has 8 heteroatoms. The molecule has 0 amide bonds. The van der Waals surface area contributed by atoms with Crippen LogP contribution in [0.1, 0.15) is 6.42 Å². The summed E-state index contributed by atoms with van der Waals surface area (Å²) in [5, 5.41) is 0. The minimum Gasteiger partial charge on any atom is -0.330 e. The molecule has 0 radical (unpaired) electrons. The molecular weight excluding hydrogens is 300 g/mol. The summed E-state index contributed by atoms with van der Waals surface area (Å²) < 4.78 is 52.5.